The Bertz CT molecular complexity index is 529. The Kier molecular flexibility index (Phi) is 3.64. The second kappa shape index (κ2) is 5.19. The maximum absolute atomic E-state index is 12.8. The Morgan fingerprint density at radius 2 is 1.94 bits per heavy atom. The molecule has 0 fully saturated rings. The maximum atomic E-state index is 12.8. The van der Waals surface area contributed by atoms with Crippen molar-refractivity contribution in [3.8, 4) is 11.5 Å². The lowest BCUT2D eigenvalue weighted by Gasteiger charge is -2.09. The number of halogens is 2. The normalized spacial score (nSPS) is 10.2. The van der Waals surface area contributed by atoms with E-state index in [0.29, 0.717) is 11.3 Å². The second-order valence-corrected chi connectivity index (χ2v) is 4.35. The fourth-order valence-corrected chi connectivity index (χ4v) is 1.78. The first-order chi connectivity index (χ1) is 8.16. The van der Waals surface area contributed by atoms with E-state index in [0.717, 1.165) is 10.5 Å². The lowest BCUT2D eigenvalue weighted by atomic mass is 10.2. The smallest absolute Gasteiger partial charge is 0.133 e. The van der Waals surface area contributed by atoms with Crippen LogP contribution < -0.4 is 4.74 Å². The third-order valence-corrected chi connectivity index (χ3v) is 2.92. The van der Waals surface area contributed by atoms with Gasteiger partial charge >= 0.3 is 0 Å². The van der Waals surface area contributed by atoms with Crippen LogP contribution in [0.25, 0.3) is 0 Å². The summed E-state index contributed by atoms with van der Waals surface area (Å²) in [5.41, 5.74) is 0.544. The van der Waals surface area contributed by atoms with Crippen LogP contribution in [0.3, 0.4) is 0 Å². The summed E-state index contributed by atoms with van der Waals surface area (Å²) in [5.74, 6) is 0.112. The summed E-state index contributed by atoms with van der Waals surface area (Å²) in [6, 6.07) is 11.3. The Morgan fingerprint density at radius 3 is 2.65 bits per heavy atom. The molecule has 0 aliphatic heterocycles. The topological polar surface area (TPSA) is 29.5 Å². The molecule has 0 spiro atoms. The molecular formula is C13H10BrFO2. The van der Waals surface area contributed by atoms with Crippen molar-refractivity contribution in [3.63, 3.8) is 0 Å². The predicted octanol–water partition coefficient (Wildman–Crippen LogP) is 3.87. The molecule has 4 heteroatoms. The van der Waals surface area contributed by atoms with Crippen LogP contribution in [0.15, 0.2) is 46.9 Å². The number of aromatic hydroxyl groups is 1. The Balaban J connectivity index is 2.10. The Hall–Kier alpha value is -1.55. The maximum Gasteiger partial charge on any atom is 0.133 e. The lowest BCUT2D eigenvalue weighted by Crippen LogP contribution is -1.96. The number of hydrogen-bond acceptors (Lipinski definition) is 2. The molecular weight excluding hydrogens is 287 g/mol. The van der Waals surface area contributed by atoms with E-state index in [-0.39, 0.29) is 12.4 Å². The van der Waals surface area contributed by atoms with Crippen LogP contribution in [0.4, 0.5) is 4.39 Å². The lowest BCUT2D eigenvalue weighted by molar-refractivity contribution is 0.297. The molecule has 0 saturated carbocycles. The molecule has 0 radical (unpaired) electrons. The summed E-state index contributed by atoms with van der Waals surface area (Å²) in [4.78, 5) is 0. The van der Waals surface area contributed by atoms with Crippen molar-refractivity contribution in [1.82, 2.24) is 0 Å². The quantitative estimate of drug-likeness (QED) is 0.931. The van der Waals surface area contributed by atoms with Crippen molar-refractivity contribution in [2.45, 2.75) is 6.61 Å². The molecule has 0 atom stereocenters. The van der Waals surface area contributed by atoms with E-state index < -0.39 is 5.82 Å². The van der Waals surface area contributed by atoms with Gasteiger partial charge < -0.3 is 9.84 Å². The van der Waals surface area contributed by atoms with Crippen molar-refractivity contribution < 1.29 is 14.2 Å². The molecule has 17 heavy (non-hydrogen) atoms. The third kappa shape index (κ3) is 2.97. The fraction of sp³-hybridized carbons (Fsp3) is 0.0769. The number of ether oxygens (including phenoxy) is 1. The van der Waals surface area contributed by atoms with Gasteiger partial charge in [-0.15, -0.1) is 0 Å². The van der Waals surface area contributed by atoms with E-state index in [9.17, 15) is 9.50 Å². The molecule has 0 aliphatic carbocycles. The molecule has 0 bridgehead atoms. The first kappa shape index (κ1) is 11.9. The molecule has 88 valence electrons. The van der Waals surface area contributed by atoms with Crippen LogP contribution in [0.2, 0.25) is 0 Å². The zero-order chi connectivity index (χ0) is 12.3. The zero-order valence-electron chi connectivity index (χ0n) is 8.86. The van der Waals surface area contributed by atoms with Gasteiger partial charge in [0.15, 0.2) is 0 Å². The van der Waals surface area contributed by atoms with Gasteiger partial charge in [0.1, 0.15) is 23.9 Å². The van der Waals surface area contributed by atoms with E-state index in [2.05, 4.69) is 15.9 Å². The van der Waals surface area contributed by atoms with Crippen LogP contribution in [0, 0.1) is 5.82 Å². The van der Waals surface area contributed by atoms with Crippen LogP contribution in [-0.4, -0.2) is 5.11 Å². The first-order valence-corrected chi connectivity index (χ1v) is 5.81. The average Bonchev–Trinajstić information content (AvgIpc) is 2.30. The summed E-state index contributed by atoms with van der Waals surface area (Å²) < 4.78 is 19.1. The van der Waals surface area contributed by atoms with Gasteiger partial charge in [-0.1, -0.05) is 12.1 Å². The van der Waals surface area contributed by atoms with Crippen LogP contribution >= 0.6 is 15.9 Å². The van der Waals surface area contributed by atoms with Gasteiger partial charge in [-0.25, -0.2) is 4.39 Å². The number of phenolic OH excluding ortho intramolecular Hbond substituents is 1. The number of hydrogen-bond donors (Lipinski definition) is 1. The van der Waals surface area contributed by atoms with Gasteiger partial charge in [0.05, 0.1) is 4.47 Å². The van der Waals surface area contributed by atoms with Crippen molar-refractivity contribution >= 4 is 15.9 Å². The van der Waals surface area contributed by atoms with Crippen molar-refractivity contribution in [2.75, 3.05) is 0 Å². The highest BCUT2D eigenvalue weighted by Crippen LogP contribution is 2.26. The highest BCUT2D eigenvalue weighted by atomic mass is 79.9. The molecule has 1 N–H and O–H groups in total. The highest BCUT2D eigenvalue weighted by Gasteiger charge is 2.05. The van der Waals surface area contributed by atoms with Crippen LogP contribution in [0.5, 0.6) is 11.5 Å². The highest BCUT2D eigenvalue weighted by molar-refractivity contribution is 9.10. The molecule has 0 aromatic heterocycles. The molecule has 2 aromatic carbocycles. The number of benzene rings is 2. The average molecular weight is 297 g/mol. The van der Waals surface area contributed by atoms with E-state index in [1.807, 2.05) is 24.3 Å². The monoisotopic (exact) mass is 296 g/mol. The van der Waals surface area contributed by atoms with Crippen LogP contribution in [-0.2, 0) is 6.61 Å². The molecule has 2 rings (SSSR count). The summed E-state index contributed by atoms with van der Waals surface area (Å²) >= 11 is 3.35. The van der Waals surface area contributed by atoms with E-state index >= 15 is 0 Å². The molecule has 2 aromatic rings. The molecule has 0 aliphatic rings. The third-order valence-electron chi connectivity index (χ3n) is 2.27. The SMILES string of the molecule is Oc1cc(F)ccc1COc1ccccc1Br. The summed E-state index contributed by atoms with van der Waals surface area (Å²) in [6.07, 6.45) is 0. The molecule has 0 unspecified atom stereocenters. The second-order valence-electron chi connectivity index (χ2n) is 3.49. The Morgan fingerprint density at radius 1 is 1.18 bits per heavy atom. The van der Waals surface area contributed by atoms with Crippen molar-refractivity contribution in [1.29, 1.82) is 0 Å². The van der Waals surface area contributed by atoms with Gasteiger partial charge in [-0.3, -0.25) is 0 Å². The van der Waals surface area contributed by atoms with Gasteiger partial charge in [0.2, 0.25) is 0 Å². The molecule has 2 nitrogen and oxygen atoms in total. The summed E-state index contributed by atoms with van der Waals surface area (Å²) in [5, 5.41) is 9.51. The van der Waals surface area contributed by atoms with E-state index in [1.54, 1.807) is 0 Å². The number of phenols is 1. The van der Waals surface area contributed by atoms with Crippen LogP contribution in [0.1, 0.15) is 5.56 Å². The summed E-state index contributed by atoms with van der Waals surface area (Å²) in [6.45, 7) is 0.189. The summed E-state index contributed by atoms with van der Waals surface area (Å²) in [7, 11) is 0. The molecule has 0 amide bonds. The number of rotatable bonds is 3. The molecule has 0 heterocycles. The van der Waals surface area contributed by atoms with Gasteiger partial charge in [0.25, 0.3) is 0 Å². The minimum atomic E-state index is -0.466. The largest absolute Gasteiger partial charge is 0.507 e. The molecule has 0 saturated heterocycles. The van der Waals surface area contributed by atoms with E-state index in [4.69, 9.17) is 4.74 Å². The fourth-order valence-electron chi connectivity index (χ4n) is 1.38. The zero-order valence-corrected chi connectivity index (χ0v) is 10.4. The van der Waals surface area contributed by atoms with E-state index in [1.165, 1.54) is 12.1 Å². The minimum Gasteiger partial charge on any atom is -0.507 e. The van der Waals surface area contributed by atoms with Crippen molar-refractivity contribution in [2.24, 2.45) is 0 Å². The standard InChI is InChI=1S/C13H10BrFO2/c14-11-3-1-2-4-13(11)17-8-9-5-6-10(15)7-12(9)16/h1-7,16H,8H2. The predicted molar refractivity (Wildman–Crippen MR) is 66.5 cm³/mol. The first-order valence-electron chi connectivity index (χ1n) is 5.01. The van der Waals surface area contributed by atoms with Crippen molar-refractivity contribution in [3.05, 3.63) is 58.3 Å². The number of para-hydroxylation sites is 1. The van der Waals surface area contributed by atoms with Gasteiger partial charge in [-0.05, 0) is 40.2 Å². The van der Waals surface area contributed by atoms with Gasteiger partial charge in [0, 0.05) is 11.6 Å². The van der Waals surface area contributed by atoms with Gasteiger partial charge in [-0.2, -0.15) is 0 Å². The Labute approximate surface area is 107 Å². The minimum absolute atomic E-state index is 0.1000.